The van der Waals surface area contributed by atoms with Crippen LogP contribution in [0.3, 0.4) is 0 Å². The van der Waals surface area contributed by atoms with Gasteiger partial charge in [-0.3, -0.25) is 0 Å². The van der Waals surface area contributed by atoms with Crippen molar-refractivity contribution >= 4 is 28.5 Å². The highest BCUT2D eigenvalue weighted by atomic mass is 127. The Morgan fingerprint density at radius 2 is 1.63 bits per heavy atom. The minimum atomic E-state index is -4.30. The Labute approximate surface area is 121 Å². The summed E-state index contributed by atoms with van der Waals surface area (Å²) in [5.41, 5.74) is 0.0805. The molecule has 1 aromatic carbocycles. The Balaban J connectivity index is 1.98. The zero-order valence-electron chi connectivity index (χ0n) is 9.58. The number of aromatic nitrogens is 2. The van der Waals surface area contributed by atoms with E-state index < -0.39 is 11.7 Å². The first-order chi connectivity index (χ1) is 8.95. The molecule has 100 valence electrons. The zero-order valence-corrected chi connectivity index (χ0v) is 11.7. The van der Waals surface area contributed by atoms with Crippen LogP contribution in [-0.4, -0.2) is 9.97 Å². The van der Waals surface area contributed by atoms with E-state index in [4.69, 9.17) is 0 Å². The molecule has 1 aromatic heterocycles. The molecule has 2 rings (SSSR count). The molecular formula is C12H9F3IN3. The van der Waals surface area contributed by atoms with Crippen LogP contribution in [-0.2, 0) is 12.7 Å². The lowest BCUT2D eigenvalue weighted by Gasteiger charge is -2.08. The summed E-state index contributed by atoms with van der Waals surface area (Å²) in [5.74, 6) is 0.445. The van der Waals surface area contributed by atoms with Crippen molar-refractivity contribution < 1.29 is 13.2 Å². The molecule has 2 aromatic rings. The van der Waals surface area contributed by atoms with Gasteiger partial charge in [-0.1, -0.05) is 12.1 Å². The molecule has 0 unspecified atom stereocenters. The van der Waals surface area contributed by atoms with Crippen molar-refractivity contribution in [1.82, 2.24) is 9.97 Å². The summed E-state index contributed by atoms with van der Waals surface area (Å²) >= 11 is 2.09. The van der Waals surface area contributed by atoms with Gasteiger partial charge in [-0.15, -0.1) is 0 Å². The molecule has 0 saturated carbocycles. The number of alkyl halides is 3. The monoisotopic (exact) mass is 379 g/mol. The predicted octanol–water partition coefficient (Wildman–Crippen LogP) is 3.71. The van der Waals surface area contributed by atoms with Crippen molar-refractivity contribution in [3.63, 3.8) is 0 Å². The van der Waals surface area contributed by atoms with Crippen molar-refractivity contribution in [2.24, 2.45) is 0 Å². The second-order valence-corrected chi connectivity index (χ2v) is 5.02. The minimum absolute atomic E-state index is 0.374. The number of hydrogen-bond acceptors (Lipinski definition) is 3. The smallest absolute Gasteiger partial charge is 0.350 e. The molecule has 0 fully saturated rings. The fourth-order valence-corrected chi connectivity index (χ4v) is 1.67. The third-order valence-electron chi connectivity index (χ3n) is 2.35. The largest absolute Gasteiger partial charge is 0.416 e. The van der Waals surface area contributed by atoms with Gasteiger partial charge < -0.3 is 5.32 Å². The van der Waals surface area contributed by atoms with Crippen LogP contribution in [0.1, 0.15) is 11.1 Å². The summed E-state index contributed by atoms with van der Waals surface area (Å²) < 4.78 is 38.0. The fraction of sp³-hybridized carbons (Fsp3) is 0.167. The van der Waals surface area contributed by atoms with Gasteiger partial charge in [0.15, 0.2) is 0 Å². The normalized spacial score (nSPS) is 11.4. The SMILES string of the molecule is FC(F)(F)c1ccc(CNc2ncc(I)cn2)cc1. The summed E-state index contributed by atoms with van der Waals surface area (Å²) in [7, 11) is 0. The Bertz CT molecular complexity index is 538. The van der Waals surface area contributed by atoms with E-state index in [2.05, 4.69) is 37.9 Å². The summed E-state index contributed by atoms with van der Waals surface area (Å²) in [6, 6.07) is 4.99. The maximum absolute atomic E-state index is 12.4. The molecule has 0 radical (unpaired) electrons. The van der Waals surface area contributed by atoms with Crippen LogP contribution in [0.2, 0.25) is 0 Å². The van der Waals surface area contributed by atoms with Gasteiger partial charge in [0, 0.05) is 22.5 Å². The molecular weight excluding hydrogens is 370 g/mol. The molecule has 1 heterocycles. The number of benzene rings is 1. The van der Waals surface area contributed by atoms with Crippen LogP contribution >= 0.6 is 22.6 Å². The second-order valence-electron chi connectivity index (χ2n) is 3.77. The molecule has 0 atom stereocenters. The standard InChI is InChI=1S/C12H9F3IN3/c13-12(14,15)9-3-1-8(2-4-9)5-17-11-18-6-10(16)7-19-11/h1-4,6-7H,5H2,(H,17,18,19). The molecule has 3 nitrogen and oxygen atoms in total. The average molecular weight is 379 g/mol. The molecule has 0 amide bonds. The predicted molar refractivity (Wildman–Crippen MR) is 73.5 cm³/mol. The van der Waals surface area contributed by atoms with E-state index in [9.17, 15) is 13.2 Å². The van der Waals surface area contributed by atoms with Gasteiger partial charge in [0.25, 0.3) is 0 Å². The van der Waals surface area contributed by atoms with Crippen molar-refractivity contribution in [3.05, 3.63) is 51.4 Å². The van der Waals surface area contributed by atoms with E-state index in [0.29, 0.717) is 12.5 Å². The first-order valence-electron chi connectivity index (χ1n) is 5.33. The molecule has 0 saturated heterocycles. The molecule has 0 aliphatic carbocycles. The third kappa shape index (κ3) is 4.05. The highest BCUT2D eigenvalue weighted by molar-refractivity contribution is 14.1. The van der Waals surface area contributed by atoms with Gasteiger partial charge >= 0.3 is 6.18 Å². The summed E-state index contributed by atoms with van der Waals surface area (Å²) in [5, 5.41) is 2.94. The van der Waals surface area contributed by atoms with E-state index in [-0.39, 0.29) is 0 Å². The van der Waals surface area contributed by atoms with Crippen LogP contribution in [0.5, 0.6) is 0 Å². The Morgan fingerprint density at radius 1 is 1.05 bits per heavy atom. The van der Waals surface area contributed by atoms with Gasteiger partial charge in [-0.25, -0.2) is 9.97 Å². The van der Waals surface area contributed by atoms with E-state index in [1.807, 2.05) is 0 Å². The van der Waals surface area contributed by atoms with E-state index in [0.717, 1.165) is 21.3 Å². The highest BCUT2D eigenvalue weighted by Crippen LogP contribution is 2.29. The maximum Gasteiger partial charge on any atom is 0.416 e. The van der Waals surface area contributed by atoms with Gasteiger partial charge in [0.2, 0.25) is 5.95 Å². The molecule has 19 heavy (non-hydrogen) atoms. The molecule has 0 aliphatic rings. The van der Waals surface area contributed by atoms with E-state index in [1.54, 1.807) is 12.4 Å². The van der Waals surface area contributed by atoms with E-state index in [1.165, 1.54) is 12.1 Å². The number of rotatable bonds is 3. The molecule has 0 aliphatic heterocycles. The van der Waals surface area contributed by atoms with Crippen LogP contribution in [0.4, 0.5) is 19.1 Å². The highest BCUT2D eigenvalue weighted by Gasteiger charge is 2.29. The Kier molecular flexibility index (Phi) is 4.23. The summed E-state index contributed by atoms with van der Waals surface area (Å²) in [6.45, 7) is 0.374. The topological polar surface area (TPSA) is 37.8 Å². The molecule has 1 N–H and O–H groups in total. The summed E-state index contributed by atoms with van der Waals surface area (Å²) in [6.07, 6.45) is -0.990. The molecule has 0 bridgehead atoms. The van der Waals surface area contributed by atoms with Gasteiger partial charge in [0.05, 0.1) is 5.56 Å². The number of hydrogen-bond donors (Lipinski definition) is 1. The van der Waals surface area contributed by atoms with Crippen LogP contribution in [0.25, 0.3) is 0 Å². The lowest BCUT2D eigenvalue weighted by Crippen LogP contribution is -2.06. The van der Waals surface area contributed by atoms with Crippen molar-refractivity contribution in [2.75, 3.05) is 5.32 Å². The Morgan fingerprint density at radius 3 is 2.16 bits per heavy atom. The first-order valence-corrected chi connectivity index (χ1v) is 6.40. The quantitative estimate of drug-likeness (QED) is 0.827. The zero-order chi connectivity index (χ0) is 13.9. The second kappa shape index (κ2) is 5.72. The minimum Gasteiger partial charge on any atom is -0.350 e. The Hall–Kier alpha value is -1.38. The first kappa shape index (κ1) is 14.0. The summed E-state index contributed by atoms with van der Waals surface area (Å²) in [4.78, 5) is 8.08. The third-order valence-corrected chi connectivity index (χ3v) is 2.91. The lowest BCUT2D eigenvalue weighted by atomic mass is 10.1. The van der Waals surface area contributed by atoms with Gasteiger partial charge in [0.1, 0.15) is 0 Å². The number of nitrogens with zero attached hydrogens (tertiary/aromatic N) is 2. The lowest BCUT2D eigenvalue weighted by molar-refractivity contribution is -0.137. The van der Waals surface area contributed by atoms with Crippen molar-refractivity contribution in [2.45, 2.75) is 12.7 Å². The van der Waals surface area contributed by atoms with Gasteiger partial charge in [-0.05, 0) is 40.3 Å². The molecule has 7 heteroatoms. The van der Waals surface area contributed by atoms with Gasteiger partial charge in [-0.2, -0.15) is 13.2 Å². The van der Waals surface area contributed by atoms with Crippen molar-refractivity contribution in [3.8, 4) is 0 Å². The molecule has 0 spiro atoms. The number of halogens is 4. The van der Waals surface area contributed by atoms with Crippen LogP contribution < -0.4 is 5.32 Å². The van der Waals surface area contributed by atoms with Crippen molar-refractivity contribution in [1.29, 1.82) is 0 Å². The van der Waals surface area contributed by atoms with Crippen LogP contribution in [0, 0.1) is 3.57 Å². The number of anilines is 1. The fourth-order valence-electron chi connectivity index (χ4n) is 1.40. The van der Waals surface area contributed by atoms with Crippen LogP contribution in [0.15, 0.2) is 36.7 Å². The average Bonchev–Trinajstić information content (AvgIpc) is 2.37. The number of nitrogens with one attached hydrogen (secondary N) is 1. The maximum atomic E-state index is 12.4. The van der Waals surface area contributed by atoms with E-state index >= 15 is 0 Å².